The average molecular weight is 333 g/mol. The highest BCUT2D eigenvalue weighted by Crippen LogP contribution is 2.33. The van der Waals surface area contributed by atoms with Crippen molar-refractivity contribution in [3.63, 3.8) is 0 Å². The summed E-state index contributed by atoms with van der Waals surface area (Å²) in [6.07, 6.45) is 1.47. The zero-order valence-electron chi connectivity index (χ0n) is 12.9. The van der Waals surface area contributed by atoms with Gasteiger partial charge in [0, 0.05) is 24.7 Å². The van der Waals surface area contributed by atoms with Gasteiger partial charge in [0.15, 0.2) is 9.84 Å². The summed E-state index contributed by atoms with van der Waals surface area (Å²) in [5, 5.41) is 9.41. The summed E-state index contributed by atoms with van der Waals surface area (Å²) in [6, 6.07) is 4.84. The Labute approximate surface area is 134 Å². The van der Waals surface area contributed by atoms with E-state index in [2.05, 4.69) is 11.1 Å². The smallest absolute Gasteiger partial charge is 0.156 e. The minimum Gasteiger partial charge on any atom is -0.368 e. The number of hydrogen-bond acceptors (Lipinski definition) is 5. The molecule has 120 valence electrons. The largest absolute Gasteiger partial charge is 0.368 e. The van der Waals surface area contributed by atoms with Crippen molar-refractivity contribution < 1.29 is 12.8 Å². The molecule has 3 rings (SSSR count). The number of hydrogen-bond donors (Lipinski definition) is 0. The molecule has 1 atom stereocenters. The Balaban J connectivity index is 2.22. The van der Waals surface area contributed by atoms with Gasteiger partial charge in [0.05, 0.1) is 27.8 Å². The molecule has 0 spiro atoms. The highest BCUT2D eigenvalue weighted by molar-refractivity contribution is 7.92. The van der Waals surface area contributed by atoms with Gasteiger partial charge in [-0.15, -0.1) is 0 Å². The standard InChI is InChI=1S/C16H16FN3O2S/c1-10-5-13(17)6-14-15(10)19-8-12(7-18)16(14)20-3-4-23(21,22)11(2)9-20/h5-6,8,11H,3-4,9H2,1-2H3. The molecular formula is C16H16FN3O2S. The number of fused-ring (bicyclic) bond motifs is 1. The number of rotatable bonds is 1. The summed E-state index contributed by atoms with van der Waals surface area (Å²) in [5.74, 6) is -0.372. The van der Waals surface area contributed by atoms with Gasteiger partial charge in [-0.2, -0.15) is 5.26 Å². The number of aromatic nitrogens is 1. The van der Waals surface area contributed by atoms with Crippen LogP contribution in [0.3, 0.4) is 0 Å². The maximum absolute atomic E-state index is 13.9. The number of benzene rings is 1. The van der Waals surface area contributed by atoms with Crippen LogP contribution < -0.4 is 4.90 Å². The highest BCUT2D eigenvalue weighted by atomic mass is 32.2. The van der Waals surface area contributed by atoms with Crippen LogP contribution in [0.25, 0.3) is 10.9 Å². The SMILES string of the molecule is Cc1cc(F)cc2c(N3CCS(=O)(=O)C(C)C3)c(C#N)cnc12. The van der Waals surface area contributed by atoms with Gasteiger partial charge in [-0.25, -0.2) is 12.8 Å². The van der Waals surface area contributed by atoms with E-state index in [1.165, 1.54) is 18.3 Å². The van der Waals surface area contributed by atoms with E-state index in [0.717, 1.165) is 0 Å². The summed E-state index contributed by atoms with van der Waals surface area (Å²) in [6.45, 7) is 3.99. The van der Waals surface area contributed by atoms with Crippen LogP contribution in [0.2, 0.25) is 0 Å². The third kappa shape index (κ3) is 2.63. The Morgan fingerprint density at radius 3 is 2.83 bits per heavy atom. The Morgan fingerprint density at radius 1 is 1.43 bits per heavy atom. The lowest BCUT2D eigenvalue weighted by Crippen LogP contribution is -2.46. The quantitative estimate of drug-likeness (QED) is 0.800. The molecule has 0 saturated carbocycles. The lowest BCUT2D eigenvalue weighted by molar-refractivity contribution is 0.569. The van der Waals surface area contributed by atoms with Crippen molar-refractivity contribution in [2.75, 3.05) is 23.7 Å². The van der Waals surface area contributed by atoms with Gasteiger partial charge in [0.2, 0.25) is 0 Å². The van der Waals surface area contributed by atoms with Crippen molar-refractivity contribution in [3.05, 3.63) is 35.3 Å². The number of pyridine rings is 1. The molecule has 1 fully saturated rings. The normalized spacial score (nSPS) is 20.4. The fourth-order valence-electron chi connectivity index (χ4n) is 3.00. The van der Waals surface area contributed by atoms with E-state index < -0.39 is 20.9 Å². The van der Waals surface area contributed by atoms with E-state index in [-0.39, 0.29) is 18.8 Å². The zero-order valence-corrected chi connectivity index (χ0v) is 13.7. The molecule has 1 aliphatic rings. The highest BCUT2D eigenvalue weighted by Gasteiger charge is 2.31. The van der Waals surface area contributed by atoms with E-state index in [0.29, 0.717) is 27.7 Å². The van der Waals surface area contributed by atoms with E-state index in [1.807, 2.05) is 4.90 Å². The summed E-state index contributed by atoms with van der Waals surface area (Å²) in [4.78, 5) is 6.12. The molecule has 1 unspecified atom stereocenters. The molecule has 1 aliphatic heterocycles. The fraction of sp³-hybridized carbons (Fsp3) is 0.375. The first-order valence-corrected chi connectivity index (χ1v) is 9.00. The average Bonchev–Trinajstić information content (AvgIpc) is 2.49. The van der Waals surface area contributed by atoms with Crippen molar-refractivity contribution >= 4 is 26.4 Å². The predicted molar refractivity (Wildman–Crippen MR) is 86.6 cm³/mol. The second-order valence-corrected chi connectivity index (χ2v) is 8.41. The Kier molecular flexibility index (Phi) is 3.72. The molecule has 1 saturated heterocycles. The van der Waals surface area contributed by atoms with Crippen LogP contribution in [0.1, 0.15) is 18.1 Å². The van der Waals surface area contributed by atoms with Crippen molar-refractivity contribution in [1.29, 1.82) is 5.26 Å². The molecule has 0 radical (unpaired) electrons. The van der Waals surface area contributed by atoms with Crippen molar-refractivity contribution in [3.8, 4) is 6.07 Å². The molecule has 2 heterocycles. The molecular weight excluding hydrogens is 317 g/mol. The number of sulfone groups is 1. The van der Waals surface area contributed by atoms with Gasteiger partial charge in [-0.3, -0.25) is 4.98 Å². The molecule has 7 heteroatoms. The number of halogens is 1. The van der Waals surface area contributed by atoms with E-state index in [4.69, 9.17) is 0 Å². The van der Waals surface area contributed by atoms with Crippen molar-refractivity contribution in [2.45, 2.75) is 19.1 Å². The minimum absolute atomic E-state index is 0.0249. The Bertz CT molecular complexity index is 934. The first-order chi connectivity index (χ1) is 10.8. The molecule has 5 nitrogen and oxygen atoms in total. The first-order valence-electron chi connectivity index (χ1n) is 7.29. The topological polar surface area (TPSA) is 74.1 Å². The van der Waals surface area contributed by atoms with Crippen molar-refractivity contribution in [1.82, 2.24) is 4.98 Å². The van der Waals surface area contributed by atoms with Crippen LogP contribution in [-0.2, 0) is 9.84 Å². The van der Waals surface area contributed by atoms with Crippen LogP contribution in [0.4, 0.5) is 10.1 Å². The van der Waals surface area contributed by atoms with Crippen LogP contribution in [0, 0.1) is 24.1 Å². The molecule has 23 heavy (non-hydrogen) atoms. The summed E-state index contributed by atoms with van der Waals surface area (Å²) in [5.41, 5.74) is 2.21. The van der Waals surface area contributed by atoms with Gasteiger partial charge in [-0.1, -0.05) is 0 Å². The van der Waals surface area contributed by atoms with Gasteiger partial charge in [-0.05, 0) is 31.5 Å². The van der Waals surface area contributed by atoms with Crippen LogP contribution in [0.5, 0.6) is 0 Å². The molecule has 2 aromatic rings. The number of aryl methyl sites for hydroxylation is 1. The van der Waals surface area contributed by atoms with Gasteiger partial charge in [0.25, 0.3) is 0 Å². The maximum Gasteiger partial charge on any atom is 0.156 e. The molecule has 1 aromatic heterocycles. The summed E-state index contributed by atoms with van der Waals surface area (Å²) < 4.78 is 37.7. The fourth-order valence-corrected chi connectivity index (χ4v) is 4.29. The van der Waals surface area contributed by atoms with Crippen LogP contribution >= 0.6 is 0 Å². The van der Waals surface area contributed by atoms with Gasteiger partial charge >= 0.3 is 0 Å². The zero-order chi connectivity index (χ0) is 16.8. The van der Waals surface area contributed by atoms with Crippen LogP contribution in [-0.4, -0.2) is 37.5 Å². The second-order valence-electron chi connectivity index (χ2n) is 5.87. The number of nitrogens with zero attached hydrogens (tertiary/aromatic N) is 3. The Hall–Kier alpha value is -2.20. The van der Waals surface area contributed by atoms with E-state index in [1.54, 1.807) is 13.8 Å². The summed E-state index contributed by atoms with van der Waals surface area (Å²) in [7, 11) is -3.11. The van der Waals surface area contributed by atoms with Gasteiger partial charge < -0.3 is 4.90 Å². The first kappa shape index (κ1) is 15.7. The maximum atomic E-state index is 13.9. The van der Waals surface area contributed by atoms with E-state index >= 15 is 0 Å². The van der Waals surface area contributed by atoms with Crippen LogP contribution in [0.15, 0.2) is 18.3 Å². The number of anilines is 1. The molecule has 0 amide bonds. The molecule has 1 aromatic carbocycles. The predicted octanol–water partition coefficient (Wildman–Crippen LogP) is 2.18. The lowest BCUT2D eigenvalue weighted by atomic mass is 10.0. The molecule has 0 N–H and O–H groups in total. The number of nitriles is 1. The second kappa shape index (κ2) is 5.46. The summed E-state index contributed by atoms with van der Waals surface area (Å²) >= 11 is 0. The van der Waals surface area contributed by atoms with E-state index in [9.17, 15) is 18.1 Å². The minimum atomic E-state index is -3.11. The third-order valence-corrected chi connectivity index (χ3v) is 6.40. The molecule has 0 bridgehead atoms. The Morgan fingerprint density at radius 2 is 2.17 bits per heavy atom. The monoisotopic (exact) mass is 333 g/mol. The van der Waals surface area contributed by atoms with Gasteiger partial charge in [0.1, 0.15) is 11.9 Å². The lowest BCUT2D eigenvalue weighted by Gasteiger charge is -2.33. The molecule has 0 aliphatic carbocycles. The van der Waals surface area contributed by atoms with Crippen molar-refractivity contribution in [2.24, 2.45) is 0 Å². The third-order valence-electron chi connectivity index (χ3n) is 4.27.